The lowest BCUT2D eigenvalue weighted by Gasteiger charge is -2.16. The van der Waals surface area contributed by atoms with Gasteiger partial charge in [0.15, 0.2) is 18.7 Å². The lowest BCUT2D eigenvalue weighted by Crippen LogP contribution is -2.29. The standard InChI is InChI=1S/C11H13F2N3O5.C11H13F2N3O4.C10H11Cl2N3O4.C10H11F2N3O3S/c12-8(13)6-7(19)5(3-18)21-10(6)16-1-4(2-17)9(14)15-11(16)20;1-4-2-16(11(19)15-9(4)14)10-6(8(12)13)7(18)5(3-17)20-10;2*11-8(12)6-7(17)4(3-16)19-9(6)15-2-1-5(13)14-10(15)18/h1,5,7,10,17-19H,2-3H2,(H2,14,15,20);2,5,7,10,17-18H,3H2,1H3,(H2,14,15,19);2*1-2,4,7,9,16-17H,3H2,(H2,13,14,18)/t2*5-,7-,10-;2*4-,7-,9-/m1111/s1. The topological polar surface area (TPSA) is 453 Å². The Morgan fingerprint density at radius 3 is 1.34 bits per heavy atom. The average molecular weight is 1190 g/mol. The number of hydrogen-bond acceptors (Lipinski definition) is 25. The Kier molecular flexibility index (Phi) is 21.9. The summed E-state index contributed by atoms with van der Waals surface area (Å²) in [4.78, 5) is 60.7. The first kappa shape index (κ1) is 63.5. The number of nitrogen functional groups attached to an aromatic ring is 4. The second-order valence-electron chi connectivity index (χ2n) is 16.6. The molecule has 79 heavy (non-hydrogen) atoms. The van der Waals surface area contributed by atoms with E-state index in [1.807, 2.05) is 0 Å². The minimum atomic E-state index is -2.22. The number of nitrogens with two attached hydrogens (primary N) is 4. The highest BCUT2D eigenvalue weighted by Crippen LogP contribution is 2.47. The molecule has 4 aliphatic rings. The second-order valence-corrected chi connectivity index (χ2v) is 18.8. The number of rotatable bonds is 9. The van der Waals surface area contributed by atoms with Crippen LogP contribution in [0, 0.1) is 6.92 Å². The largest absolute Gasteiger partial charge is 0.395 e. The zero-order valence-corrected chi connectivity index (χ0v) is 42.5. The number of nitrogens with zero attached hydrogens (tertiary/aromatic N) is 8. The van der Waals surface area contributed by atoms with Crippen molar-refractivity contribution >= 4 is 58.2 Å². The van der Waals surface area contributed by atoms with Crippen LogP contribution in [0.1, 0.15) is 35.2 Å². The van der Waals surface area contributed by atoms with Crippen molar-refractivity contribution in [3.63, 3.8) is 0 Å². The number of aliphatic hydroxyl groups excluding tert-OH is 9. The summed E-state index contributed by atoms with van der Waals surface area (Å²) in [6, 6.07) is 2.69. The maximum Gasteiger partial charge on any atom is 0.351 e. The Morgan fingerprint density at radius 1 is 0.557 bits per heavy atom. The molecular formula is C42H48Cl2F6N12O16S. The van der Waals surface area contributed by atoms with Crippen LogP contribution in [0.4, 0.5) is 49.6 Å². The van der Waals surface area contributed by atoms with Gasteiger partial charge in [-0.15, -0.1) is 11.8 Å². The van der Waals surface area contributed by atoms with Crippen molar-refractivity contribution in [2.45, 2.75) is 85.6 Å². The number of halogens is 8. The molecule has 0 aliphatic carbocycles. The second kappa shape index (κ2) is 27.2. The number of anilines is 4. The quantitative estimate of drug-likeness (QED) is 0.0803. The van der Waals surface area contributed by atoms with E-state index in [2.05, 4.69) is 19.9 Å². The Balaban J connectivity index is 0.000000194. The number of thioether (sulfide) groups is 1. The molecule has 4 fully saturated rings. The van der Waals surface area contributed by atoms with E-state index < -0.39 is 163 Å². The number of aliphatic hydroxyl groups is 9. The van der Waals surface area contributed by atoms with Crippen molar-refractivity contribution in [3.05, 3.63) is 135 Å². The van der Waals surface area contributed by atoms with Crippen LogP contribution in [0.5, 0.6) is 0 Å². The van der Waals surface area contributed by atoms with E-state index in [0.29, 0.717) is 10.1 Å². The summed E-state index contributed by atoms with van der Waals surface area (Å²) in [6.45, 7) is -1.31. The fourth-order valence-corrected chi connectivity index (χ4v) is 9.45. The molecule has 0 aromatic carbocycles. The van der Waals surface area contributed by atoms with Crippen LogP contribution in [0.2, 0.25) is 0 Å². The molecule has 4 aromatic rings. The predicted molar refractivity (Wildman–Crippen MR) is 263 cm³/mol. The highest BCUT2D eigenvalue weighted by molar-refractivity contribution is 8.00. The highest BCUT2D eigenvalue weighted by atomic mass is 35.5. The molecule has 12 atom stereocenters. The molecule has 4 saturated heterocycles. The van der Waals surface area contributed by atoms with Crippen molar-refractivity contribution in [3.8, 4) is 0 Å². The summed E-state index contributed by atoms with van der Waals surface area (Å²) in [5, 5.41) is 82.3. The summed E-state index contributed by atoms with van der Waals surface area (Å²) in [5.41, 5.74) is 16.5. The molecule has 0 saturated carbocycles. The van der Waals surface area contributed by atoms with Gasteiger partial charge in [-0.1, -0.05) is 23.2 Å². The molecular weight excluding hydrogens is 1150 g/mol. The van der Waals surface area contributed by atoms with Crippen LogP contribution in [0.25, 0.3) is 0 Å². The Hall–Kier alpha value is -6.29. The van der Waals surface area contributed by atoms with Gasteiger partial charge in [-0.25, -0.2) is 19.2 Å². The molecule has 0 spiro atoms. The Morgan fingerprint density at radius 2 is 0.949 bits per heavy atom. The Bertz CT molecular complexity index is 3130. The fourth-order valence-electron chi connectivity index (χ4n) is 7.66. The zero-order valence-electron chi connectivity index (χ0n) is 40.1. The van der Waals surface area contributed by atoms with Crippen LogP contribution in [-0.4, -0.2) is 159 Å². The molecule has 0 amide bonds. The van der Waals surface area contributed by atoms with Gasteiger partial charge in [-0.05, 0) is 19.1 Å². The average Bonchev–Trinajstić information content (AvgIpc) is 4.14. The number of aryl methyl sites for hydroxylation is 1. The minimum absolute atomic E-state index is 0.0187. The molecule has 8 heterocycles. The molecule has 8 rings (SSSR count). The van der Waals surface area contributed by atoms with Crippen LogP contribution >= 0.6 is 35.0 Å². The van der Waals surface area contributed by atoms with Crippen molar-refractivity contribution in [2.75, 3.05) is 49.4 Å². The van der Waals surface area contributed by atoms with Gasteiger partial charge in [0.05, 0.1) is 61.1 Å². The lowest BCUT2D eigenvalue weighted by molar-refractivity contribution is -0.0449. The van der Waals surface area contributed by atoms with E-state index in [1.54, 1.807) is 6.92 Å². The van der Waals surface area contributed by atoms with E-state index in [0.717, 1.165) is 31.7 Å². The Labute approximate surface area is 451 Å². The molecule has 4 aliphatic heterocycles. The van der Waals surface area contributed by atoms with Crippen molar-refractivity contribution in [2.24, 2.45) is 0 Å². The summed E-state index contributed by atoms with van der Waals surface area (Å²) in [7, 11) is 0. The summed E-state index contributed by atoms with van der Waals surface area (Å²) in [6.07, 6.45) is -15.4. The van der Waals surface area contributed by atoms with Crippen LogP contribution in [0.3, 0.4) is 0 Å². The minimum Gasteiger partial charge on any atom is -0.395 e. The zero-order chi connectivity index (χ0) is 59.1. The predicted octanol–water partition coefficient (Wildman–Crippen LogP) is -2.04. The molecule has 0 bridgehead atoms. The first-order valence-corrected chi connectivity index (χ1v) is 23.9. The van der Waals surface area contributed by atoms with E-state index in [1.165, 1.54) is 30.7 Å². The third-order valence-corrected chi connectivity index (χ3v) is 13.6. The lowest BCUT2D eigenvalue weighted by atomic mass is 10.1. The molecule has 37 heteroatoms. The van der Waals surface area contributed by atoms with Gasteiger partial charge >= 0.3 is 22.8 Å². The first-order chi connectivity index (χ1) is 37.2. The van der Waals surface area contributed by atoms with E-state index in [9.17, 15) is 65.9 Å². The summed E-state index contributed by atoms with van der Waals surface area (Å²) in [5.74, 6) is -0.215. The highest BCUT2D eigenvalue weighted by Gasteiger charge is 2.46. The van der Waals surface area contributed by atoms with Crippen molar-refractivity contribution in [1.82, 2.24) is 38.2 Å². The normalized spacial score (nSPS) is 26.2. The fraction of sp³-hybridized carbons (Fsp3) is 0.429. The number of ether oxygens (including phenoxy) is 3. The van der Waals surface area contributed by atoms with Crippen LogP contribution in [-0.2, 0) is 20.8 Å². The van der Waals surface area contributed by atoms with E-state index in [-0.39, 0.29) is 38.9 Å². The monoisotopic (exact) mass is 1190 g/mol. The molecule has 4 aromatic heterocycles. The van der Waals surface area contributed by atoms with Gasteiger partial charge in [0.2, 0.25) is 0 Å². The van der Waals surface area contributed by atoms with Gasteiger partial charge in [0.1, 0.15) is 69.8 Å². The third kappa shape index (κ3) is 14.0. The molecule has 28 nitrogen and oxygen atoms in total. The van der Waals surface area contributed by atoms with Crippen LogP contribution < -0.4 is 45.7 Å². The SMILES string of the molecule is Cc1cn([C@@H]2O[C@H](CO)[C@@H](O)C2=C(F)F)c(=O)nc1N.Nc1ccn([C@@H]2O[C@H](CO)[C@@H](O)C2=C(Cl)Cl)c(=O)n1.Nc1ccn([C@@H]2S[C@H](CO)[C@@H](O)C2=C(F)F)c(=O)n1.Nc1nc(=O)n([C@@H]2O[C@H](CO)[C@@H](O)C2=C(F)F)cc1CO. The summed E-state index contributed by atoms with van der Waals surface area (Å²) < 4.78 is 96.5. The van der Waals surface area contributed by atoms with Gasteiger partial charge in [0, 0.05) is 41.5 Å². The van der Waals surface area contributed by atoms with Crippen molar-refractivity contribution < 1.29 is 86.5 Å². The van der Waals surface area contributed by atoms with Crippen molar-refractivity contribution in [1.29, 1.82) is 0 Å². The molecule has 0 unspecified atom stereocenters. The molecule has 0 radical (unpaired) electrons. The maximum atomic E-state index is 13.0. The van der Waals surface area contributed by atoms with E-state index >= 15 is 0 Å². The first-order valence-electron chi connectivity index (χ1n) is 22.2. The number of aromatic nitrogens is 8. The maximum absolute atomic E-state index is 13.0. The third-order valence-electron chi connectivity index (χ3n) is 11.7. The van der Waals surface area contributed by atoms with Gasteiger partial charge in [-0.3, -0.25) is 18.3 Å². The number of hydrogen-bond donors (Lipinski definition) is 13. The van der Waals surface area contributed by atoms with E-state index in [4.69, 9.17) is 85.9 Å². The smallest absolute Gasteiger partial charge is 0.351 e. The summed E-state index contributed by atoms with van der Waals surface area (Å²) >= 11 is 12.3. The van der Waals surface area contributed by atoms with Gasteiger partial charge in [0.25, 0.3) is 18.2 Å². The molecule has 434 valence electrons. The van der Waals surface area contributed by atoms with Gasteiger partial charge in [-0.2, -0.15) is 46.3 Å². The molecule has 17 N–H and O–H groups in total. The van der Waals surface area contributed by atoms with Crippen LogP contribution in [0.15, 0.2) is 101 Å². The van der Waals surface area contributed by atoms with Gasteiger partial charge < -0.3 is 83.1 Å².